The first-order chi connectivity index (χ1) is 11.2. The second-order valence-corrected chi connectivity index (χ2v) is 7.55. The summed E-state index contributed by atoms with van der Waals surface area (Å²) >= 11 is 0. The second kappa shape index (κ2) is 7.55. The van der Waals surface area contributed by atoms with Gasteiger partial charge in [-0.25, -0.2) is 12.8 Å². The van der Waals surface area contributed by atoms with Crippen molar-refractivity contribution in [3.8, 4) is 0 Å². The number of rotatable bonds is 6. The van der Waals surface area contributed by atoms with Gasteiger partial charge >= 0.3 is 0 Å². The van der Waals surface area contributed by atoms with Crippen molar-refractivity contribution in [3.63, 3.8) is 0 Å². The largest absolute Gasteiger partial charge is 0.325 e. The molecule has 0 saturated heterocycles. The van der Waals surface area contributed by atoms with Crippen molar-refractivity contribution in [2.75, 3.05) is 18.1 Å². The Morgan fingerprint density at radius 2 is 1.67 bits per heavy atom. The molecule has 0 aromatic heterocycles. The van der Waals surface area contributed by atoms with E-state index >= 15 is 0 Å². The van der Waals surface area contributed by atoms with E-state index in [0.29, 0.717) is 5.69 Å². The minimum Gasteiger partial charge on any atom is -0.325 e. The molecule has 0 bridgehead atoms. The highest BCUT2D eigenvalue weighted by Gasteiger charge is 2.20. The summed E-state index contributed by atoms with van der Waals surface area (Å²) in [6.07, 6.45) is 1.06. The fraction of sp³-hybridized carbons (Fsp3) is 0.235. The van der Waals surface area contributed by atoms with E-state index in [1.807, 2.05) is 31.2 Å². The molecule has 0 aliphatic carbocycles. The zero-order chi connectivity index (χ0) is 17.7. The number of hydrogen-bond donors (Lipinski definition) is 1. The highest BCUT2D eigenvalue weighted by Crippen LogP contribution is 2.12. The van der Waals surface area contributed by atoms with Crippen molar-refractivity contribution < 1.29 is 17.6 Å². The van der Waals surface area contributed by atoms with Crippen LogP contribution in [0.4, 0.5) is 10.1 Å². The van der Waals surface area contributed by atoms with Crippen LogP contribution in [-0.2, 0) is 21.4 Å². The van der Waals surface area contributed by atoms with Gasteiger partial charge in [0.25, 0.3) is 0 Å². The molecular weight excluding hydrogens is 331 g/mol. The van der Waals surface area contributed by atoms with Gasteiger partial charge in [0.1, 0.15) is 5.82 Å². The van der Waals surface area contributed by atoms with E-state index in [2.05, 4.69) is 5.32 Å². The molecule has 0 aliphatic heterocycles. The number of nitrogens with one attached hydrogen (secondary N) is 1. The number of hydrogen-bond acceptors (Lipinski definition) is 3. The summed E-state index contributed by atoms with van der Waals surface area (Å²) in [7, 11) is -3.55. The molecule has 0 aliphatic rings. The number of carbonyl (C=O) groups is 1. The van der Waals surface area contributed by atoms with Gasteiger partial charge in [0, 0.05) is 12.2 Å². The van der Waals surface area contributed by atoms with Crippen molar-refractivity contribution in [2.45, 2.75) is 13.5 Å². The molecule has 1 N–H and O–H groups in total. The molecular formula is C17H19FN2O3S. The van der Waals surface area contributed by atoms with Gasteiger partial charge in [-0.1, -0.05) is 29.8 Å². The van der Waals surface area contributed by atoms with E-state index in [1.54, 1.807) is 0 Å². The van der Waals surface area contributed by atoms with E-state index in [9.17, 15) is 17.6 Å². The highest BCUT2D eigenvalue weighted by atomic mass is 32.2. The maximum Gasteiger partial charge on any atom is 0.239 e. The van der Waals surface area contributed by atoms with Crippen LogP contribution in [0.5, 0.6) is 0 Å². The normalized spacial score (nSPS) is 11.5. The molecule has 2 aromatic rings. The minimum atomic E-state index is -3.55. The topological polar surface area (TPSA) is 66.5 Å². The van der Waals surface area contributed by atoms with Crippen LogP contribution in [0.1, 0.15) is 11.1 Å². The molecule has 0 radical (unpaired) electrons. The molecule has 5 nitrogen and oxygen atoms in total. The molecule has 0 fully saturated rings. The van der Waals surface area contributed by atoms with Gasteiger partial charge in [-0.05, 0) is 36.8 Å². The van der Waals surface area contributed by atoms with Crippen LogP contribution in [0.3, 0.4) is 0 Å². The highest BCUT2D eigenvalue weighted by molar-refractivity contribution is 7.88. The zero-order valence-electron chi connectivity index (χ0n) is 13.5. The average Bonchev–Trinajstić information content (AvgIpc) is 2.50. The molecule has 128 valence electrons. The van der Waals surface area contributed by atoms with Gasteiger partial charge in [-0.3, -0.25) is 4.79 Å². The monoisotopic (exact) mass is 350 g/mol. The Morgan fingerprint density at radius 3 is 2.21 bits per heavy atom. The zero-order valence-corrected chi connectivity index (χ0v) is 14.3. The Kier molecular flexibility index (Phi) is 5.69. The van der Waals surface area contributed by atoms with Gasteiger partial charge in [-0.15, -0.1) is 0 Å². The molecule has 0 heterocycles. The summed E-state index contributed by atoms with van der Waals surface area (Å²) in [5.74, 6) is -0.899. The van der Waals surface area contributed by atoms with Gasteiger partial charge in [0.15, 0.2) is 0 Å². The number of carbonyl (C=O) groups excluding carboxylic acids is 1. The van der Waals surface area contributed by atoms with E-state index in [-0.39, 0.29) is 13.1 Å². The maximum absolute atomic E-state index is 12.9. The Labute approximate surface area is 141 Å². The lowest BCUT2D eigenvalue weighted by Gasteiger charge is -2.19. The summed E-state index contributed by atoms with van der Waals surface area (Å²) in [5.41, 5.74) is 2.27. The molecule has 7 heteroatoms. The van der Waals surface area contributed by atoms with E-state index in [1.165, 1.54) is 24.3 Å². The number of anilines is 1. The van der Waals surface area contributed by atoms with Crippen molar-refractivity contribution in [1.29, 1.82) is 0 Å². The summed E-state index contributed by atoms with van der Waals surface area (Å²) in [4.78, 5) is 12.1. The Hall–Kier alpha value is -2.25. The third-order valence-corrected chi connectivity index (χ3v) is 4.59. The number of nitrogens with zero attached hydrogens (tertiary/aromatic N) is 1. The second-order valence-electron chi connectivity index (χ2n) is 5.57. The average molecular weight is 350 g/mol. The molecule has 0 spiro atoms. The van der Waals surface area contributed by atoms with Crippen molar-refractivity contribution >= 4 is 21.6 Å². The first-order valence-corrected chi connectivity index (χ1v) is 9.15. The predicted molar refractivity (Wildman–Crippen MR) is 91.5 cm³/mol. The first-order valence-electron chi connectivity index (χ1n) is 7.30. The predicted octanol–water partition coefficient (Wildman–Crippen LogP) is 2.53. The summed E-state index contributed by atoms with van der Waals surface area (Å²) in [6.45, 7) is 1.73. The van der Waals surface area contributed by atoms with E-state index < -0.39 is 21.7 Å². The molecule has 2 rings (SSSR count). The smallest absolute Gasteiger partial charge is 0.239 e. The SMILES string of the molecule is Cc1ccc(CN(CC(=O)Nc2ccc(F)cc2)S(C)(=O)=O)cc1. The fourth-order valence-corrected chi connectivity index (χ4v) is 2.82. The van der Waals surface area contributed by atoms with Crippen LogP contribution < -0.4 is 5.32 Å². The van der Waals surface area contributed by atoms with Crippen LogP contribution in [-0.4, -0.2) is 31.4 Å². The number of sulfonamides is 1. The molecule has 1 amide bonds. The quantitative estimate of drug-likeness (QED) is 0.871. The number of halogens is 1. The van der Waals surface area contributed by atoms with Gasteiger partial charge < -0.3 is 5.32 Å². The summed E-state index contributed by atoms with van der Waals surface area (Å²) in [6, 6.07) is 12.7. The standard InChI is InChI=1S/C17H19FN2O3S/c1-13-3-5-14(6-4-13)11-20(24(2,22)23)12-17(21)19-16-9-7-15(18)8-10-16/h3-10H,11-12H2,1-2H3,(H,19,21). The first kappa shape index (κ1) is 18.1. The number of benzene rings is 2. The van der Waals surface area contributed by atoms with Crippen molar-refractivity contribution in [3.05, 3.63) is 65.5 Å². The summed E-state index contributed by atoms with van der Waals surface area (Å²) < 4.78 is 37.8. The Bertz CT molecular complexity index is 803. The van der Waals surface area contributed by atoms with Crippen LogP contribution >= 0.6 is 0 Å². The number of aryl methyl sites for hydroxylation is 1. The maximum atomic E-state index is 12.9. The van der Waals surface area contributed by atoms with E-state index in [0.717, 1.165) is 21.7 Å². The van der Waals surface area contributed by atoms with Gasteiger partial charge in [0.2, 0.25) is 15.9 Å². The van der Waals surface area contributed by atoms with Gasteiger partial charge in [0.05, 0.1) is 12.8 Å². The Balaban J connectivity index is 2.06. The van der Waals surface area contributed by atoms with Crippen molar-refractivity contribution in [1.82, 2.24) is 4.31 Å². The minimum absolute atomic E-state index is 0.107. The molecule has 0 saturated carbocycles. The molecule has 24 heavy (non-hydrogen) atoms. The lowest BCUT2D eigenvalue weighted by Crippen LogP contribution is -2.36. The third kappa shape index (κ3) is 5.43. The van der Waals surface area contributed by atoms with Crippen molar-refractivity contribution in [2.24, 2.45) is 0 Å². The molecule has 0 atom stereocenters. The van der Waals surface area contributed by atoms with E-state index in [4.69, 9.17) is 0 Å². The van der Waals surface area contributed by atoms with Crippen LogP contribution in [0, 0.1) is 12.7 Å². The fourth-order valence-electron chi connectivity index (χ4n) is 2.08. The summed E-state index contributed by atoms with van der Waals surface area (Å²) in [5, 5.41) is 2.55. The lowest BCUT2D eigenvalue weighted by atomic mass is 10.1. The van der Waals surface area contributed by atoms with Crippen LogP contribution in [0.2, 0.25) is 0 Å². The lowest BCUT2D eigenvalue weighted by molar-refractivity contribution is -0.116. The number of amides is 1. The Morgan fingerprint density at radius 1 is 1.08 bits per heavy atom. The third-order valence-electron chi connectivity index (χ3n) is 3.40. The molecule has 2 aromatic carbocycles. The van der Waals surface area contributed by atoms with Gasteiger partial charge in [-0.2, -0.15) is 4.31 Å². The molecule has 0 unspecified atom stereocenters. The van der Waals surface area contributed by atoms with Crippen LogP contribution in [0.15, 0.2) is 48.5 Å². The van der Waals surface area contributed by atoms with Crippen LogP contribution in [0.25, 0.3) is 0 Å².